The average molecular weight is 547 g/mol. The summed E-state index contributed by atoms with van der Waals surface area (Å²) in [4.78, 5) is 23.7. The van der Waals surface area contributed by atoms with Crippen LogP contribution in [0, 0.1) is 5.82 Å². The molecule has 0 aliphatic carbocycles. The van der Waals surface area contributed by atoms with Crippen LogP contribution in [0.25, 0.3) is 11.2 Å². The van der Waals surface area contributed by atoms with Gasteiger partial charge in [0.1, 0.15) is 35.6 Å². The van der Waals surface area contributed by atoms with Gasteiger partial charge in [0, 0.05) is 0 Å². The van der Waals surface area contributed by atoms with Crippen LogP contribution in [0.1, 0.15) is 32.4 Å². The van der Waals surface area contributed by atoms with Gasteiger partial charge in [-0.3, -0.25) is 9.36 Å². The van der Waals surface area contributed by atoms with Gasteiger partial charge in [-0.15, -0.1) is 0 Å². The summed E-state index contributed by atoms with van der Waals surface area (Å²) < 4.78 is 76.5. The van der Waals surface area contributed by atoms with Crippen molar-refractivity contribution in [2.75, 3.05) is 12.1 Å². The number of alkyl halides is 3. The lowest BCUT2D eigenvalue weighted by Gasteiger charge is -2.33. The Labute approximate surface area is 208 Å². The summed E-state index contributed by atoms with van der Waals surface area (Å²) >= 11 is 0. The predicted molar refractivity (Wildman–Crippen MR) is 126 cm³/mol. The van der Waals surface area contributed by atoms with Crippen LogP contribution in [0.2, 0.25) is 0 Å². The molecular formula is C21H26F4N7O4P. The van der Waals surface area contributed by atoms with E-state index < -0.39 is 55.0 Å². The molecule has 5 N–H and O–H groups in total. The molecule has 2 aromatic heterocycles. The Morgan fingerprint density at radius 2 is 1.97 bits per heavy atom. The van der Waals surface area contributed by atoms with Crippen LogP contribution in [0.3, 0.4) is 0 Å². The molecule has 37 heavy (non-hydrogen) atoms. The maximum Gasteiger partial charge on any atom is 0.408 e. The second kappa shape index (κ2) is 10.7. The minimum Gasteiger partial charge on any atom is -0.480 e. The Balaban J connectivity index is 1.85. The lowest BCUT2D eigenvalue weighted by atomic mass is 10.1. The fourth-order valence-electron chi connectivity index (χ4n) is 3.43. The van der Waals surface area contributed by atoms with Crippen LogP contribution < -0.4 is 15.9 Å². The summed E-state index contributed by atoms with van der Waals surface area (Å²) in [6.07, 6.45) is -3.91. The molecule has 0 bridgehead atoms. The van der Waals surface area contributed by atoms with Gasteiger partial charge in [0.25, 0.3) is 0 Å². The number of hydrogen-bond acceptors (Lipinski definition) is 7. The Hall–Kier alpha value is -3.13. The van der Waals surface area contributed by atoms with Gasteiger partial charge < -0.3 is 20.1 Å². The molecule has 16 heteroatoms. The Bertz CT molecular complexity index is 1320. The third kappa shape index (κ3) is 7.01. The molecule has 0 saturated carbocycles. The van der Waals surface area contributed by atoms with Gasteiger partial charge in [0.15, 0.2) is 11.5 Å². The van der Waals surface area contributed by atoms with E-state index in [-0.39, 0.29) is 12.4 Å². The van der Waals surface area contributed by atoms with Gasteiger partial charge in [-0.25, -0.2) is 29.5 Å². The quantitative estimate of drug-likeness (QED) is 0.207. The zero-order valence-electron chi connectivity index (χ0n) is 20.0. The number of nitrogens with two attached hydrogens (primary N) is 1. The van der Waals surface area contributed by atoms with Crippen LogP contribution >= 0.6 is 7.44 Å². The highest BCUT2D eigenvalue weighted by Gasteiger charge is 2.46. The molecule has 2 unspecified atom stereocenters. The fourth-order valence-corrected chi connectivity index (χ4v) is 5.81. The average Bonchev–Trinajstić information content (AvgIpc) is 3.19. The third-order valence-electron chi connectivity index (χ3n) is 5.27. The van der Waals surface area contributed by atoms with E-state index in [1.807, 2.05) is 5.09 Å². The van der Waals surface area contributed by atoms with Gasteiger partial charge in [-0.2, -0.15) is 13.2 Å². The SMILES string of the molecule is CC(Cn1cnc2c(N)ncnc21)OCP(=O)(N[C@H](c1cccc(F)c1)C(F)(F)F)NC(C)(C)C(=O)O. The number of aliphatic carboxylic acids is 1. The highest BCUT2D eigenvalue weighted by atomic mass is 31.2. The summed E-state index contributed by atoms with van der Waals surface area (Å²) in [7, 11) is -4.44. The first-order valence-corrected chi connectivity index (χ1v) is 12.8. The van der Waals surface area contributed by atoms with E-state index in [0.717, 1.165) is 32.0 Å². The van der Waals surface area contributed by atoms with Gasteiger partial charge in [0.05, 0.1) is 19.0 Å². The van der Waals surface area contributed by atoms with E-state index in [2.05, 4.69) is 20.0 Å². The molecular weight excluding hydrogens is 521 g/mol. The van der Waals surface area contributed by atoms with Crippen LogP contribution in [0.15, 0.2) is 36.9 Å². The zero-order chi connectivity index (χ0) is 27.6. The smallest absolute Gasteiger partial charge is 0.408 e. The van der Waals surface area contributed by atoms with E-state index in [1.165, 1.54) is 12.7 Å². The molecule has 0 saturated heterocycles. The third-order valence-corrected chi connectivity index (χ3v) is 7.37. The van der Waals surface area contributed by atoms with Crippen LogP contribution in [0.5, 0.6) is 0 Å². The van der Waals surface area contributed by atoms with Gasteiger partial charge >= 0.3 is 12.1 Å². The Morgan fingerprint density at radius 3 is 2.59 bits per heavy atom. The molecule has 0 aliphatic heterocycles. The number of nitrogens with zero attached hydrogens (tertiary/aromatic N) is 4. The van der Waals surface area contributed by atoms with Gasteiger partial charge in [0.2, 0.25) is 7.44 Å². The van der Waals surface area contributed by atoms with E-state index >= 15 is 0 Å². The summed E-state index contributed by atoms with van der Waals surface area (Å²) in [5.74, 6) is -2.23. The highest BCUT2D eigenvalue weighted by molar-refractivity contribution is 7.59. The number of halogens is 4. The van der Waals surface area contributed by atoms with Crippen molar-refractivity contribution in [3.8, 4) is 0 Å². The van der Waals surface area contributed by atoms with Gasteiger partial charge in [-0.05, 0) is 38.5 Å². The molecule has 3 atom stereocenters. The van der Waals surface area contributed by atoms with E-state index in [1.54, 1.807) is 11.5 Å². The lowest BCUT2D eigenvalue weighted by Crippen LogP contribution is -2.49. The zero-order valence-corrected chi connectivity index (χ0v) is 20.9. The van der Waals surface area contributed by atoms with E-state index in [0.29, 0.717) is 17.2 Å². The summed E-state index contributed by atoms with van der Waals surface area (Å²) in [5.41, 5.74) is 4.05. The Kier molecular flexibility index (Phi) is 8.22. The fraction of sp³-hybridized carbons (Fsp3) is 0.429. The maximum absolute atomic E-state index is 14.0. The van der Waals surface area contributed by atoms with Crippen molar-refractivity contribution in [3.63, 3.8) is 0 Å². The van der Waals surface area contributed by atoms with E-state index in [9.17, 15) is 32.0 Å². The first kappa shape index (κ1) is 28.4. The molecule has 0 fully saturated rings. The molecule has 0 spiro atoms. The Morgan fingerprint density at radius 1 is 1.27 bits per heavy atom. The first-order chi connectivity index (χ1) is 17.1. The molecule has 0 radical (unpaired) electrons. The van der Waals surface area contributed by atoms with Crippen molar-refractivity contribution in [1.82, 2.24) is 29.7 Å². The molecule has 3 rings (SSSR count). The number of aromatic nitrogens is 4. The number of ether oxygens (including phenoxy) is 1. The number of benzene rings is 1. The molecule has 0 amide bonds. The number of nitrogen functional groups attached to an aromatic ring is 1. The number of nitrogens with one attached hydrogen (secondary N) is 2. The topological polar surface area (TPSA) is 157 Å². The van der Waals surface area contributed by atoms with Crippen LogP contribution in [-0.2, 0) is 20.6 Å². The second-order valence-electron chi connectivity index (χ2n) is 8.87. The van der Waals surface area contributed by atoms with E-state index in [4.69, 9.17) is 10.5 Å². The van der Waals surface area contributed by atoms with Crippen molar-refractivity contribution >= 4 is 30.4 Å². The molecule has 1 aromatic carbocycles. The monoisotopic (exact) mass is 547 g/mol. The number of carboxylic acid groups (broad SMARTS) is 1. The van der Waals surface area contributed by atoms with Gasteiger partial charge in [-0.1, -0.05) is 12.1 Å². The first-order valence-electron chi connectivity index (χ1n) is 10.9. The largest absolute Gasteiger partial charge is 0.480 e. The normalized spacial score (nSPS) is 15.9. The van der Waals surface area contributed by atoms with Crippen molar-refractivity contribution in [3.05, 3.63) is 48.3 Å². The molecule has 11 nitrogen and oxygen atoms in total. The minimum atomic E-state index is -5.00. The number of carboxylic acids is 1. The number of hydrogen-bond donors (Lipinski definition) is 4. The van der Waals surface area contributed by atoms with Crippen molar-refractivity contribution in [2.24, 2.45) is 0 Å². The number of imidazole rings is 1. The standard InChI is InChI=1S/C21H26F4N7O4P/c1-12(8-32-10-29-15-17(26)27-9-28-18(15)32)36-11-37(35,31-20(2,3)19(33)34)30-16(21(23,24)25)13-5-4-6-14(22)7-13/h4-7,9-10,12,16H,8,11H2,1-3H3,(H,33,34)(H2,26,27,28)(H2,30,31,35)/t12?,16-,37?/m1/s1. The molecule has 3 aromatic rings. The maximum atomic E-state index is 14.0. The summed E-state index contributed by atoms with van der Waals surface area (Å²) in [6, 6.07) is 1.13. The van der Waals surface area contributed by atoms with Crippen molar-refractivity contribution in [1.29, 1.82) is 0 Å². The highest BCUT2D eigenvalue weighted by Crippen LogP contribution is 2.46. The molecule has 0 aliphatic rings. The molecule has 2 heterocycles. The molecule has 202 valence electrons. The van der Waals surface area contributed by atoms with Crippen molar-refractivity contribution in [2.45, 2.75) is 51.2 Å². The van der Waals surface area contributed by atoms with Crippen molar-refractivity contribution < 1.29 is 36.8 Å². The lowest BCUT2D eigenvalue weighted by molar-refractivity contribution is -0.153. The number of rotatable bonds is 11. The summed E-state index contributed by atoms with van der Waals surface area (Å²) in [5, 5.41) is 13.7. The second-order valence-corrected chi connectivity index (χ2v) is 11.1. The number of anilines is 1. The summed E-state index contributed by atoms with van der Waals surface area (Å²) in [6.45, 7) is 3.94. The van der Waals surface area contributed by atoms with Crippen LogP contribution in [-0.4, -0.2) is 54.8 Å². The predicted octanol–water partition coefficient (Wildman–Crippen LogP) is 3.45. The number of carbonyl (C=O) groups is 1. The minimum absolute atomic E-state index is 0.0991. The van der Waals surface area contributed by atoms with Crippen LogP contribution in [0.4, 0.5) is 23.4 Å². The number of fused-ring (bicyclic) bond motifs is 1.